The van der Waals surface area contributed by atoms with E-state index in [-0.39, 0.29) is 12.5 Å². The van der Waals surface area contributed by atoms with Crippen LogP contribution in [0.4, 0.5) is 5.82 Å². The number of unbranched alkanes of at least 4 members (excludes halogenated alkanes) is 12. The van der Waals surface area contributed by atoms with E-state index in [4.69, 9.17) is 19.5 Å². The van der Waals surface area contributed by atoms with Crippen molar-refractivity contribution in [2.75, 3.05) is 25.8 Å². The lowest BCUT2D eigenvalue weighted by Crippen LogP contribution is -2.18. The van der Waals surface area contributed by atoms with Gasteiger partial charge in [-0.3, -0.25) is 4.57 Å². The molecule has 200 valence electrons. The van der Waals surface area contributed by atoms with E-state index < -0.39 is 7.60 Å². The summed E-state index contributed by atoms with van der Waals surface area (Å²) < 4.78 is 31.2. The second-order valence-electron chi connectivity index (χ2n) is 9.30. The van der Waals surface area contributed by atoms with Crippen molar-refractivity contribution in [3.63, 3.8) is 0 Å². The van der Waals surface area contributed by atoms with Gasteiger partial charge in [0.2, 0.25) is 0 Å². The van der Waals surface area contributed by atoms with Crippen LogP contribution < -0.4 is 5.73 Å². The van der Waals surface area contributed by atoms with Gasteiger partial charge in [0.25, 0.3) is 0 Å². The third-order valence-electron chi connectivity index (χ3n) is 6.21. The van der Waals surface area contributed by atoms with Gasteiger partial charge in [-0.25, -0.2) is 15.0 Å². The van der Waals surface area contributed by atoms with Gasteiger partial charge in [-0.05, 0) is 13.3 Å². The molecule has 2 N–H and O–H groups in total. The molecule has 1 unspecified atom stereocenters. The van der Waals surface area contributed by atoms with Crippen molar-refractivity contribution in [2.45, 2.75) is 110 Å². The molecule has 0 saturated carbocycles. The molecule has 0 amide bonds. The first-order chi connectivity index (χ1) is 17.0. The van der Waals surface area contributed by atoms with E-state index >= 15 is 0 Å². The number of hydrogen-bond donors (Lipinski definition) is 1. The van der Waals surface area contributed by atoms with E-state index in [1.807, 2.05) is 11.5 Å². The lowest BCUT2D eigenvalue weighted by molar-refractivity contribution is 0.0687. The smallest absolute Gasteiger partial charge is 0.355 e. The van der Waals surface area contributed by atoms with Gasteiger partial charge >= 0.3 is 7.60 Å². The normalized spacial score (nSPS) is 14.4. The molecule has 2 aromatic rings. The zero-order valence-electron chi connectivity index (χ0n) is 22.0. The van der Waals surface area contributed by atoms with Crippen LogP contribution in [-0.2, 0) is 24.9 Å². The van der Waals surface area contributed by atoms with Crippen molar-refractivity contribution >= 4 is 24.6 Å². The first-order valence-corrected chi connectivity index (χ1v) is 15.0. The van der Waals surface area contributed by atoms with Crippen LogP contribution in [0.3, 0.4) is 0 Å². The minimum Gasteiger partial charge on any atom is -0.382 e. The molecular formula is C25H46N5O4P. The molecule has 0 bridgehead atoms. The molecular weight excluding hydrogens is 465 g/mol. The van der Waals surface area contributed by atoms with Gasteiger partial charge in [0.1, 0.15) is 18.2 Å². The number of ether oxygens (including phenoxy) is 1. The molecule has 2 atom stereocenters. The van der Waals surface area contributed by atoms with E-state index in [1.165, 1.54) is 84.1 Å². The fourth-order valence-electron chi connectivity index (χ4n) is 4.05. The lowest BCUT2D eigenvalue weighted by Gasteiger charge is -2.20. The van der Waals surface area contributed by atoms with Crippen LogP contribution in [0.5, 0.6) is 0 Å². The Balaban J connectivity index is 1.53. The Hall–Kier alpha value is -1.54. The molecule has 0 aliphatic rings. The lowest BCUT2D eigenvalue weighted by atomic mass is 10.0. The van der Waals surface area contributed by atoms with Gasteiger partial charge < -0.3 is 24.1 Å². The van der Waals surface area contributed by atoms with Crippen LogP contribution in [0, 0.1) is 0 Å². The summed E-state index contributed by atoms with van der Waals surface area (Å²) in [5, 5.41) is 0. The zero-order valence-corrected chi connectivity index (χ0v) is 22.9. The Bertz CT molecular complexity index is 879. The van der Waals surface area contributed by atoms with Gasteiger partial charge in [0.05, 0.1) is 25.6 Å². The molecule has 0 radical (unpaired) electrons. The van der Waals surface area contributed by atoms with E-state index in [2.05, 4.69) is 21.9 Å². The number of imidazole rings is 1. The third kappa shape index (κ3) is 11.4. The number of rotatable bonds is 21. The summed E-state index contributed by atoms with van der Waals surface area (Å²) in [6.45, 7) is 5.06. The van der Waals surface area contributed by atoms with Gasteiger partial charge in [0, 0.05) is 7.11 Å². The van der Waals surface area contributed by atoms with Crippen molar-refractivity contribution in [3.05, 3.63) is 12.7 Å². The highest BCUT2D eigenvalue weighted by Gasteiger charge is 2.24. The fraction of sp³-hybridized carbons (Fsp3) is 0.800. The maximum Gasteiger partial charge on any atom is 0.355 e. The number of nitrogen functional groups attached to an aromatic ring is 1. The summed E-state index contributed by atoms with van der Waals surface area (Å²) in [4.78, 5) is 12.4. The summed E-state index contributed by atoms with van der Waals surface area (Å²) in [6, 6.07) is 0. The number of fused-ring (bicyclic) bond motifs is 1. The van der Waals surface area contributed by atoms with Crippen LogP contribution in [0.2, 0.25) is 0 Å². The Morgan fingerprint density at radius 2 is 1.54 bits per heavy atom. The molecule has 35 heavy (non-hydrogen) atoms. The molecule has 2 rings (SSSR count). The minimum absolute atomic E-state index is 0.0904. The number of nitrogens with zero attached hydrogens (tertiary/aromatic N) is 4. The number of aromatic nitrogens is 4. The predicted molar refractivity (Wildman–Crippen MR) is 141 cm³/mol. The van der Waals surface area contributed by atoms with Crippen molar-refractivity contribution in [3.8, 4) is 0 Å². The standard InChI is InChI=1S/C25H46N5O4P/c1-4-5-6-7-8-9-10-11-12-13-14-15-16-17-34-35(31,32-3)21-33-22(2)18-30-20-29-23-24(26)27-19-28-25(23)30/h19-20,22H,4-18,21H2,1-3H3,(H2,26,27,28)/t22-,35?/m1/s1. The zero-order chi connectivity index (χ0) is 25.4. The van der Waals surface area contributed by atoms with Crippen molar-refractivity contribution < 1.29 is 18.3 Å². The van der Waals surface area contributed by atoms with Crippen LogP contribution in [0.25, 0.3) is 11.2 Å². The highest BCUT2D eigenvalue weighted by molar-refractivity contribution is 7.53. The molecule has 0 aromatic carbocycles. The molecule has 0 aliphatic carbocycles. The second-order valence-corrected chi connectivity index (χ2v) is 11.4. The summed E-state index contributed by atoms with van der Waals surface area (Å²) in [5.74, 6) is 0.341. The van der Waals surface area contributed by atoms with Crippen LogP contribution >= 0.6 is 7.60 Å². The van der Waals surface area contributed by atoms with Crippen LogP contribution in [0.15, 0.2) is 12.7 Å². The van der Waals surface area contributed by atoms with Gasteiger partial charge in [-0.15, -0.1) is 0 Å². The molecule has 0 aliphatic heterocycles. The van der Waals surface area contributed by atoms with Crippen molar-refractivity contribution in [1.82, 2.24) is 19.5 Å². The molecule has 10 heteroatoms. The Labute approximate surface area is 211 Å². The Morgan fingerprint density at radius 1 is 0.943 bits per heavy atom. The number of nitrogens with two attached hydrogens (primary N) is 1. The highest BCUT2D eigenvalue weighted by Crippen LogP contribution is 2.47. The Morgan fingerprint density at radius 3 is 2.14 bits per heavy atom. The summed E-state index contributed by atoms with van der Waals surface area (Å²) in [5.41, 5.74) is 7.03. The SMILES string of the molecule is CCCCCCCCCCCCCCCOP(=O)(CO[C@H](C)Cn1cnc2c(N)ncnc21)OC. The highest BCUT2D eigenvalue weighted by atomic mass is 31.2. The van der Waals surface area contributed by atoms with Crippen molar-refractivity contribution in [1.29, 1.82) is 0 Å². The summed E-state index contributed by atoms with van der Waals surface area (Å²) in [6.07, 6.45) is 19.4. The average molecular weight is 512 g/mol. The van der Waals surface area contributed by atoms with Crippen molar-refractivity contribution in [2.24, 2.45) is 0 Å². The predicted octanol–water partition coefficient (Wildman–Crippen LogP) is 6.72. The van der Waals surface area contributed by atoms with Crippen LogP contribution in [0.1, 0.15) is 97.3 Å². The van der Waals surface area contributed by atoms with E-state index in [9.17, 15) is 4.57 Å². The van der Waals surface area contributed by atoms with Gasteiger partial charge in [0.15, 0.2) is 11.5 Å². The fourth-order valence-corrected chi connectivity index (χ4v) is 5.18. The summed E-state index contributed by atoms with van der Waals surface area (Å²) in [7, 11) is -1.87. The van der Waals surface area contributed by atoms with E-state index in [1.54, 1.807) is 6.33 Å². The molecule has 9 nitrogen and oxygen atoms in total. The first-order valence-electron chi connectivity index (χ1n) is 13.3. The van der Waals surface area contributed by atoms with Crippen LogP contribution in [-0.4, -0.2) is 45.7 Å². The maximum atomic E-state index is 12.8. The average Bonchev–Trinajstić information content (AvgIpc) is 3.27. The Kier molecular flexibility index (Phi) is 14.4. The molecule has 2 heterocycles. The molecule has 0 saturated heterocycles. The van der Waals surface area contributed by atoms with E-state index in [0.29, 0.717) is 30.1 Å². The maximum absolute atomic E-state index is 12.8. The quantitative estimate of drug-likeness (QED) is 0.145. The summed E-state index contributed by atoms with van der Waals surface area (Å²) >= 11 is 0. The first kappa shape index (κ1) is 29.7. The van der Waals surface area contributed by atoms with Gasteiger partial charge in [-0.1, -0.05) is 84.0 Å². The van der Waals surface area contributed by atoms with Gasteiger partial charge in [-0.2, -0.15) is 0 Å². The monoisotopic (exact) mass is 511 g/mol. The molecule has 2 aromatic heterocycles. The molecule has 0 fully saturated rings. The molecule has 0 spiro atoms. The third-order valence-corrected chi connectivity index (χ3v) is 7.81. The largest absolute Gasteiger partial charge is 0.382 e. The number of anilines is 1. The second kappa shape index (κ2) is 17.0. The number of hydrogen-bond acceptors (Lipinski definition) is 8. The van der Waals surface area contributed by atoms with E-state index in [0.717, 1.165) is 12.8 Å². The topological polar surface area (TPSA) is 114 Å². The minimum atomic E-state index is -3.28.